The number of benzene rings is 2. The minimum atomic E-state index is -0.302. The standard InChI is InChI=1S/C21H21FN4O/c1-14-3-8-18(13-15(14)2)24-21(27)19-9-10-20(26-25-19)23-12-11-16-4-6-17(22)7-5-16/h3-10,13H,11-12H2,1-2H3,(H,23,26)(H,24,27). The van der Waals surface area contributed by atoms with Crippen LogP contribution >= 0.6 is 0 Å². The molecule has 0 aliphatic heterocycles. The van der Waals surface area contributed by atoms with Crippen LogP contribution in [-0.4, -0.2) is 22.6 Å². The highest BCUT2D eigenvalue weighted by molar-refractivity contribution is 6.02. The number of aromatic nitrogens is 2. The van der Waals surface area contributed by atoms with Gasteiger partial charge in [0.1, 0.15) is 11.6 Å². The van der Waals surface area contributed by atoms with Gasteiger partial charge < -0.3 is 10.6 Å². The monoisotopic (exact) mass is 364 g/mol. The molecule has 0 radical (unpaired) electrons. The van der Waals surface area contributed by atoms with Crippen LogP contribution in [0.5, 0.6) is 0 Å². The quantitative estimate of drug-likeness (QED) is 0.690. The number of carbonyl (C=O) groups is 1. The summed E-state index contributed by atoms with van der Waals surface area (Å²) in [6, 6.07) is 15.5. The molecule has 0 aliphatic carbocycles. The maximum absolute atomic E-state index is 12.9. The highest BCUT2D eigenvalue weighted by Gasteiger charge is 2.09. The summed E-state index contributed by atoms with van der Waals surface area (Å²) in [5, 5.41) is 14.0. The van der Waals surface area contributed by atoms with E-state index in [1.165, 1.54) is 17.7 Å². The van der Waals surface area contributed by atoms with Gasteiger partial charge in [0, 0.05) is 12.2 Å². The first-order valence-corrected chi connectivity index (χ1v) is 8.72. The van der Waals surface area contributed by atoms with Crippen molar-refractivity contribution in [2.45, 2.75) is 20.3 Å². The lowest BCUT2D eigenvalue weighted by molar-refractivity contribution is 0.102. The molecule has 2 N–H and O–H groups in total. The highest BCUT2D eigenvalue weighted by Crippen LogP contribution is 2.15. The molecular weight excluding hydrogens is 343 g/mol. The van der Waals surface area contributed by atoms with E-state index in [0.717, 1.165) is 23.2 Å². The van der Waals surface area contributed by atoms with Crippen molar-refractivity contribution in [3.8, 4) is 0 Å². The third kappa shape index (κ3) is 5.10. The van der Waals surface area contributed by atoms with Gasteiger partial charge in [0.05, 0.1) is 0 Å². The fourth-order valence-electron chi connectivity index (χ4n) is 2.55. The van der Waals surface area contributed by atoms with Crippen molar-refractivity contribution in [3.05, 3.63) is 82.8 Å². The van der Waals surface area contributed by atoms with Crippen LogP contribution in [0.4, 0.5) is 15.9 Å². The van der Waals surface area contributed by atoms with Gasteiger partial charge in [-0.3, -0.25) is 4.79 Å². The average Bonchev–Trinajstić information content (AvgIpc) is 2.67. The first-order valence-electron chi connectivity index (χ1n) is 8.72. The molecular formula is C21H21FN4O. The van der Waals surface area contributed by atoms with E-state index in [1.54, 1.807) is 24.3 Å². The number of anilines is 2. The van der Waals surface area contributed by atoms with Gasteiger partial charge in [-0.05, 0) is 73.4 Å². The number of hydrogen-bond donors (Lipinski definition) is 2. The number of halogens is 1. The smallest absolute Gasteiger partial charge is 0.276 e. The lowest BCUT2D eigenvalue weighted by atomic mass is 10.1. The predicted molar refractivity (Wildman–Crippen MR) is 104 cm³/mol. The highest BCUT2D eigenvalue weighted by atomic mass is 19.1. The van der Waals surface area contributed by atoms with E-state index in [1.807, 2.05) is 32.0 Å². The number of hydrogen-bond acceptors (Lipinski definition) is 4. The molecule has 0 fully saturated rings. The molecule has 1 aromatic heterocycles. The average molecular weight is 364 g/mol. The Morgan fingerprint density at radius 1 is 0.963 bits per heavy atom. The van der Waals surface area contributed by atoms with Gasteiger partial charge in [-0.25, -0.2) is 4.39 Å². The van der Waals surface area contributed by atoms with Crippen LogP contribution in [0.15, 0.2) is 54.6 Å². The van der Waals surface area contributed by atoms with E-state index in [-0.39, 0.29) is 17.4 Å². The predicted octanol–water partition coefficient (Wildman–Crippen LogP) is 4.14. The Kier molecular flexibility index (Phi) is 5.76. The largest absolute Gasteiger partial charge is 0.368 e. The Bertz CT molecular complexity index is 924. The summed E-state index contributed by atoms with van der Waals surface area (Å²) < 4.78 is 12.9. The van der Waals surface area contributed by atoms with Crippen molar-refractivity contribution in [3.63, 3.8) is 0 Å². The molecule has 138 valence electrons. The maximum atomic E-state index is 12.9. The Morgan fingerprint density at radius 2 is 1.74 bits per heavy atom. The second kappa shape index (κ2) is 8.40. The third-order valence-corrected chi connectivity index (χ3v) is 4.30. The summed E-state index contributed by atoms with van der Waals surface area (Å²) in [6.07, 6.45) is 0.733. The zero-order valence-corrected chi connectivity index (χ0v) is 15.3. The lowest BCUT2D eigenvalue weighted by Gasteiger charge is -2.08. The summed E-state index contributed by atoms with van der Waals surface area (Å²) in [4.78, 5) is 12.3. The van der Waals surface area contributed by atoms with Crippen LogP contribution in [0.25, 0.3) is 0 Å². The van der Waals surface area contributed by atoms with Crippen molar-refractivity contribution in [1.82, 2.24) is 10.2 Å². The normalized spacial score (nSPS) is 10.5. The molecule has 0 aliphatic rings. The number of nitrogens with zero attached hydrogens (tertiary/aromatic N) is 2. The van der Waals surface area contributed by atoms with Crippen LogP contribution in [0, 0.1) is 19.7 Å². The minimum absolute atomic E-state index is 0.243. The van der Waals surface area contributed by atoms with Gasteiger partial charge in [-0.2, -0.15) is 0 Å². The molecule has 0 saturated heterocycles. The lowest BCUT2D eigenvalue weighted by Crippen LogP contribution is -2.15. The van der Waals surface area contributed by atoms with Crippen LogP contribution in [-0.2, 0) is 6.42 Å². The van der Waals surface area contributed by atoms with Crippen LogP contribution in [0.3, 0.4) is 0 Å². The van der Waals surface area contributed by atoms with Crippen molar-refractivity contribution in [2.75, 3.05) is 17.2 Å². The molecule has 5 nitrogen and oxygen atoms in total. The molecule has 1 heterocycles. The van der Waals surface area contributed by atoms with E-state index in [9.17, 15) is 9.18 Å². The van der Waals surface area contributed by atoms with Crippen molar-refractivity contribution in [1.29, 1.82) is 0 Å². The Morgan fingerprint density at radius 3 is 2.41 bits per heavy atom. The van der Waals surface area contributed by atoms with Crippen LogP contribution in [0.2, 0.25) is 0 Å². The van der Waals surface area contributed by atoms with Crippen molar-refractivity contribution >= 4 is 17.4 Å². The number of carbonyl (C=O) groups excluding carboxylic acids is 1. The Hall–Kier alpha value is -3.28. The summed E-state index contributed by atoms with van der Waals surface area (Å²) in [7, 11) is 0. The van der Waals surface area contributed by atoms with Gasteiger partial charge in [-0.15, -0.1) is 10.2 Å². The van der Waals surface area contributed by atoms with Crippen molar-refractivity contribution in [2.24, 2.45) is 0 Å². The molecule has 3 aromatic rings. The number of nitrogens with one attached hydrogen (secondary N) is 2. The van der Waals surface area contributed by atoms with Crippen LogP contribution < -0.4 is 10.6 Å². The summed E-state index contributed by atoms with van der Waals surface area (Å²) in [5.74, 6) is 0.0377. The fourth-order valence-corrected chi connectivity index (χ4v) is 2.55. The first-order chi connectivity index (χ1) is 13.0. The molecule has 1 amide bonds. The topological polar surface area (TPSA) is 66.9 Å². The van der Waals surface area contributed by atoms with Gasteiger partial charge >= 0.3 is 0 Å². The molecule has 27 heavy (non-hydrogen) atoms. The SMILES string of the molecule is Cc1ccc(NC(=O)c2ccc(NCCc3ccc(F)cc3)nn2)cc1C. The van der Waals surface area contributed by atoms with Gasteiger partial charge in [0.2, 0.25) is 0 Å². The van der Waals surface area contributed by atoms with Gasteiger partial charge in [-0.1, -0.05) is 18.2 Å². The molecule has 0 unspecified atom stereocenters. The molecule has 0 atom stereocenters. The molecule has 6 heteroatoms. The minimum Gasteiger partial charge on any atom is -0.368 e. The van der Waals surface area contributed by atoms with E-state index >= 15 is 0 Å². The van der Waals surface area contributed by atoms with Crippen molar-refractivity contribution < 1.29 is 9.18 Å². The number of aryl methyl sites for hydroxylation is 2. The molecule has 2 aromatic carbocycles. The zero-order valence-electron chi connectivity index (χ0n) is 15.3. The Balaban J connectivity index is 1.53. The van der Waals surface area contributed by atoms with Gasteiger partial charge in [0.15, 0.2) is 5.69 Å². The van der Waals surface area contributed by atoms with E-state index < -0.39 is 0 Å². The molecule has 0 bridgehead atoms. The molecule has 0 saturated carbocycles. The zero-order chi connectivity index (χ0) is 19.2. The number of rotatable bonds is 6. The summed E-state index contributed by atoms with van der Waals surface area (Å²) >= 11 is 0. The third-order valence-electron chi connectivity index (χ3n) is 4.30. The van der Waals surface area contributed by atoms with E-state index in [0.29, 0.717) is 12.4 Å². The van der Waals surface area contributed by atoms with E-state index in [2.05, 4.69) is 20.8 Å². The number of amides is 1. The molecule has 0 spiro atoms. The summed E-state index contributed by atoms with van der Waals surface area (Å²) in [5.41, 5.74) is 4.29. The molecule has 3 rings (SSSR count). The van der Waals surface area contributed by atoms with E-state index in [4.69, 9.17) is 0 Å². The first kappa shape index (κ1) is 18.5. The second-order valence-electron chi connectivity index (χ2n) is 6.36. The summed E-state index contributed by atoms with van der Waals surface area (Å²) in [6.45, 7) is 4.65. The Labute approximate surface area is 157 Å². The van der Waals surface area contributed by atoms with Gasteiger partial charge in [0.25, 0.3) is 5.91 Å². The second-order valence-corrected chi connectivity index (χ2v) is 6.36. The maximum Gasteiger partial charge on any atom is 0.276 e. The fraction of sp³-hybridized carbons (Fsp3) is 0.190. The van der Waals surface area contributed by atoms with Crippen LogP contribution in [0.1, 0.15) is 27.2 Å².